The lowest BCUT2D eigenvalue weighted by molar-refractivity contribution is -0.115. The van der Waals surface area contributed by atoms with Crippen LogP contribution in [0.2, 0.25) is 0 Å². The number of hydrogen-bond donors (Lipinski definition) is 3. The molecule has 1 aromatic rings. The van der Waals surface area contributed by atoms with Gasteiger partial charge >= 0.3 is 0 Å². The summed E-state index contributed by atoms with van der Waals surface area (Å²) < 4.78 is 12.9. The number of aliphatic hydroxyl groups is 1. The maximum atomic E-state index is 12.9. The van der Waals surface area contributed by atoms with Gasteiger partial charge in [-0.25, -0.2) is 4.39 Å². The fourth-order valence-electron chi connectivity index (χ4n) is 1.46. The topological polar surface area (TPSA) is 61.4 Å². The van der Waals surface area contributed by atoms with Crippen molar-refractivity contribution < 1.29 is 14.3 Å². The molecule has 1 aromatic carbocycles. The molecular formula is C13H19FN2O2. The van der Waals surface area contributed by atoms with Crippen LogP contribution in [0.3, 0.4) is 0 Å². The van der Waals surface area contributed by atoms with E-state index in [4.69, 9.17) is 5.11 Å². The number of aliphatic hydroxyl groups excluding tert-OH is 1. The highest BCUT2D eigenvalue weighted by Gasteiger charge is 2.17. The van der Waals surface area contributed by atoms with Crippen molar-refractivity contribution in [2.75, 3.05) is 18.5 Å². The van der Waals surface area contributed by atoms with Gasteiger partial charge in [-0.3, -0.25) is 4.79 Å². The molecule has 0 aliphatic carbocycles. The molecule has 5 heteroatoms. The second kappa shape index (κ2) is 6.47. The number of nitrogens with one attached hydrogen (secondary N) is 2. The van der Waals surface area contributed by atoms with Gasteiger partial charge in [-0.15, -0.1) is 0 Å². The molecule has 3 N–H and O–H groups in total. The Hall–Kier alpha value is -1.46. The molecule has 0 aliphatic rings. The second-order valence-electron chi connectivity index (χ2n) is 4.77. The third kappa shape index (κ3) is 5.25. The Morgan fingerprint density at radius 1 is 1.44 bits per heavy atom. The molecule has 0 aromatic heterocycles. The predicted octanol–water partition coefficient (Wildman–Crippen LogP) is 1.51. The molecule has 0 fully saturated rings. The van der Waals surface area contributed by atoms with E-state index in [0.29, 0.717) is 12.1 Å². The van der Waals surface area contributed by atoms with Crippen LogP contribution in [0, 0.1) is 5.82 Å². The minimum Gasteiger partial charge on any atom is -0.396 e. The lowest BCUT2D eigenvalue weighted by Crippen LogP contribution is -2.44. The van der Waals surface area contributed by atoms with Gasteiger partial charge in [0.25, 0.3) is 0 Å². The molecule has 0 spiro atoms. The first-order valence-corrected chi connectivity index (χ1v) is 5.84. The second-order valence-corrected chi connectivity index (χ2v) is 4.77. The van der Waals surface area contributed by atoms with Gasteiger partial charge < -0.3 is 15.7 Å². The first-order chi connectivity index (χ1) is 8.43. The van der Waals surface area contributed by atoms with Crippen LogP contribution < -0.4 is 10.6 Å². The lowest BCUT2D eigenvalue weighted by Gasteiger charge is -2.25. The van der Waals surface area contributed by atoms with Crippen LogP contribution in [0.15, 0.2) is 24.3 Å². The summed E-state index contributed by atoms with van der Waals surface area (Å²) in [5.41, 5.74) is 0.121. The number of rotatable bonds is 6. The van der Waals surface area contributed by atoms with Crippen LogP contribution in [0.1, 0.15) is 20.3 Å². The summed E-state index contributed by atoms with van der Waals surface area (Å²) in [6.07, 6.45) is 0.556. The minimum absolute atomic E-state index is 0.0610. The number of amides is 1. The van der Waals surface area contributed by atoms with Crippen LogP contribution >= 0.6 is 0 Å². The average Bonchev–Trinajstić information content (AvgIpc) is 2.26. The van der Waals surface area contributed by atoms with Crippen LogP contribution in [-0.4, -0.2) is 29.7 Å². The van der Waals surface area contributed by atoms with Crippen molar-refractivity contribution in [3.63, 3.8) is 0 Å². The Balaban J connectivity index is 2.43. The largest absolute Gasteiger partial charge is 0.396 e. The summed E-state index contributed by atoms with van der Waals surface area (Å²) in [4.78, 5) is 11.6. The normalized spacial score (nSPS) is 11.3. The van der Waals surface area contributed by atoms with Crippen molar-refractivity contribution in [2.24, 2.45) is 0 Å². The Bertz CT molecular complexity index is 408. The minimum atomic E-state index is -0.388. The smallest absolute Gasteiger partial charge is 0.238 e. The predicted molar refractivity (Wildman–Crippen MR) is 68.8 cm³/mol. The van der Waals surface area contributed by atoms with Gasteiger partial charge in [-0.05, 0) is 38.5 Å². The van der Waals surface area contributed by atoms with Crippen molar-refractivity contribution in [2.45, 2.75) is 25.8 Å². The van der Waals surface area contributed by atoms with E-state index in [-0.39, 0.29) is 30.4 Å². The molecule has 1 amide bonds. The number of halogens is 1. The SMILES string of the molecule is CC(C)(CCO)NCC(=O)Nc1cccc(F)c1. The molecule has 4 nitrogen and oxygen atoms in total. The highest BCUT2D eigenvalue weighted by Crippen LogP contribution is 2.09. The standard InChI is InChI=1S/C13H19FN2O2/c1-13(2,6-7-17)15-9-12(18)16-11-5-3-4-10(14)8-11/h3-5,8,15,17H,6-7,9H2,1-2H3,(H,16,18). The van der Waals surface area contributed by atoms with Crippen LogP contribution in [0.4, 0.5) is 10.1 Å². The first kappa shape index (κ1) is 14.6. The van der Waals surface area contributed by atoms with E-state index in [1.54, 1.807) is 6.07 Å². The summed E-state index contributed by atoms with van der Waals surface area (Å²) >= 11 is 0. The summed E-state index contributed by atoms with van der Waals surface area (Å²) in [6, 6.07) is 5.74. The van der Waals surface area contributed by atoms with Crippen LogP contribution in [0.25, 0.3) is 0 Å². The number of anilines is 1. The van der Waals surface area contributed by atoms with E-state index in [2.05, 4.69) is 10.6 Å². The zero-order valence-electron chi connectivity index (χ0n) is 10.7. The number of carbonyl (C=O) groups is 1. The molecule has 1 rings (SSSR count). The van der Waals surface area contributed by atoms with E-state index >= 15 is 0 Å². The highest BCUT2D eigenvalue weighted by molar-refractivity contribution is 5.92. The summed E-state index contributed by atoms with van der Waals surface area (Å²) in [7, 11) is 0. The number of hydrogen-bond acceptors (Lipinski definition) is 3. The van der Waals surface area contributed by atoms with Crippen molar-refractivity contribution in [1.82, 2.24) is 5.32 Å². The van der Waals surface area contributed by atoms with Gasteiger partial charge in [0.1, 0.15) is 5.82 Å². The van der Waals surface area contributed by atoms with Gasteiger partial charge in [-0.2, -0.15) is 0 Å². The van der Waals surface area contributed by atoms with E-state index in [9.17, 15) is 9.18 Å². The molecule has 0 unspecified atom stereocenters. The summed E-state index contributed by atoms with van der Waals surface area (Å²) in [6.45, 7) is 3.98. The van der Waals surface area contributed by atoms with E-state index in [0.717, 1.165) is 0 Å². The molecule has 0 heterocycles. The third-order valence-electron chi connectivity index (χ3n) is 2.57. The molecule has 0 saturated heterocycles. The molecule has 0 bridgehead atoms. The Labute approximate surface area is 106 Å². The van der Waals surface area contributed by atoms with Gasteiger partial charge in [0.05, 0.1) is 6.54 Å². The monoisotopic (exact) mass is 254 g/mol. The zero-order valence-corrected chi connectivity index (χ0v) is 10.7. The van der Waals surface area contributed by atoms with Crippen molar-refractivity contribution in [3.05, 3.63) is 30.1 Å². The van der Waals surface area contributed by atoms with E-state index in [1.807, 2.05) is 13.8 Å². The zero-order chi connectivity index (χ0) is 13.6. The maximum absolute atomic E-state index is 12.9. The van der Waals surface area contributed by atoms with E-state index < -0.39 is 0 Å². The van der Waals surface area contributed by atoms with Gasteiger partial charge in [0.2, 0.25) is 5.91 Å². The quantitative estimate of drug-likeness (QED) is 0.721. The van der Waals surface area contributed by atoms with Gasteiger partial charge in [0, 0.05) is 17.8 Å². The van der Waals surface area contributed by atoms with Gasteiger partial charge in [-0.1, -0.05) is 6.07 Å². The average molecular weight is 254 g/mol. The van der Waals surface area contributed by atoms with Crippen LogP contribution in [0.5, 0.6) is 0 Å². The first-order valence-electron chi connectivity index (χ1n) is 5.84. The molecule has 0 aliphatic heterocycles. The maximum Gasteiger partial charge on any atom is 0.238 e. The fraction of sp³-hybridized carbons (Fsp3) is 0.462. The lowest BCUT2D eigenvalue weighted by atomic mass is 10.0. The molecule has 100 valence electrons. The Morgan fingerprint density at radius 2 is 2.17 bits per heavy atom. The Kier molecular flexibility index (Phi) is 5.25. The van der Waals surface area contributed by atoms with Crippen molar-refractivity contribution >= 4 is 11.6 Å². The highest BCUT2D eigenvalue weighted by atomic mass is 19.1. The third-order valence-corrected chi connectivity index (χ3v) is 2.57. The van der Waals surface area contributed by atoms with Crippen molar-refractivity contribution in [3.8, 4) is 0 Å². The number of carbonyl (C=O) groups excluding carboxylic acids is 1. The van der Waals surface area contributed by atoms with Gasteiger partial charge in [0.15, 0.2) is 0 Å². The Morgan fingerprint density at radius 3 is 2.78 bits per heavy atom. The molecule has 18 heavy (non-hydrogen) atoms. The number of benzene rings is 1. The molecule has 0 radical (unpaired) electrons. The summed E-state index contributed by atoms with van der Waals surface area (Å²) in [5.74, 6) is -0.631. The van der Waals surface area contributed by atoms with E-state index in [1.165, 1.54) is 18.2 Å². The molecular weight excluding hydrogens is 235 g/mol. The van der Waals surface area contributed by atoms with Crippen LogP contribution in [-0.2, 0) is 4.79 Å². The molecule has 0 atom stereocenters. The summed E-state index contributed by atoms with van der Waals surface area (Å²) in [5, 5.41) is 14.5. The fourth-order valence-corrected chi connectivity index (χ4v) is 1.46. The molecule has 0 saturated carbocycles. The van der Waals surface area contributed by atoms with Crippen molar-refractivity contribution in [1.29, 1.82) is 0 Å².